The second kappa shape index (κ2) is 7.54. The minimum atomic E-state index is -0.434. The Labute approximate surface area is 169 Å². The first-order chi connectivity index (χ1) is 13.9. The summed E-state index contributed by atoms with van der Waals surface area (Å²) in [5, 5.41) is 10.0. The van der Waals surface area contributed by atoms with Crippen LogP contribution in [0.4, 0.5) is 0 Å². The van der Waals surface area contributed by atoms with E-state index in [0.717, 1.165) is 23.5 Å². The van der Waals surface area contributed by atoms with Crippen LogP contribution in [0.3, 0.4) is 0 Å². The number of fused-ring (bicyclic) bond motifs is 2. The predicted molar refractivity (Wildman–Crippen MR) is 109 cm³/mol. The summed E-state index contributed by atoms with van der Waals surface area (Å²) in [7, 11) is 0. The Morgan fingerprint density at radius 1 is 1.34 bits per heavy atom. The van der Waals surface area contributed by atoms with Gasteiger partial charge in [-0.1, -0.05) is 19.9 Å². The molecule has 1 saturated carbocycles. The number of ether oxygens (including phenoxy) is 1. The van der Waals surface area contributed by atoms with Crippen LogP contribution in [0.1, 0.15) is 38.3 Å². The molecule has 0 aromatic carbocycles. The quantitative estimate of drug-likeness (QED) is 0.789. The van der Waals surface area contributed by atoms with E-state index in [-0.39, 0.29) is 17.8 Å². The minimum absolute atomic E-state index is 0.130. The zero-order valence-corrected chi connectivity index (χ0v) is 16.8. The highest BCUT2D eigenvalue weighted by Gasteiger charge is 2.47. The fourth-order valence-electron chi connectivity index (χ4n) is 4.49. The van der Waals surface area contributed by atoms with Crippen LogP contribution in [0.15, 0.2) is 46.9 Å². The van der Waals surface area contributed by atoms with Crippen LogP contribution in [0, 0.1) is 22.7 Å². The molecule has 150 valence electrons. The zero-order chi connectivity index (χ0) is 20.6. The molecular formula is C22H25N5O2. The molecule has 7 heteroatoms. The fourth-order valence-corrected chi connectivity index (χ4v) is 4.49. The summed E-state index contributed by atoms with van der Waals surface area (Å²) in [6, 6.07) is 8.07. The molecule has 0 spiro atoms. The SMILES string of the molecule is CC1(C)CC(=O)C2C(=NC(COCCN)=C(C#N)C2c2cnc3ccccn23)C1. The average molecular weight is 391 g/mol. The first-order valence-electron chi connectivity index (χ1n) is 9.88. The minimum Gasteiger partial charge on any atom is -0.374 e. The van der Waals surface area contributed by atoms with E-state index in [4.69, 9.17) is 15.5 Å². The first-order valence-corrected chi connectivity index (χ1v) is 9.88. The van der Waals surface area contributed by atoms with Crippen LogP contribution in [-0.4, -0.2) is 40.6 Å². The summed E-state index contributed by atoms with van der Waals surface area (Å²) < 4.78 is 7.57. The Morgan fingerprint density at radius 3 is 2.93 bits per heavy atom. The molecule has 1 aliphatic heterocycles. The van der Waals surface area contributed by atoms with Crippen LogP contribution >= 0.6 is 0 Å². The van der Waals surface area contributed by atoms with E-state index in [1.54, 1.807) is 6.20 Å². The van der Waals surface area contributed by atoms with E-state index in [1.165, 1.54) is 0 Å². The number of pyridine rings is 1. The van der Waals surface area contributed by atoms with Gasteiger partial charge in [-0.3, -0.25) is 9.79 Å². The Balaban J connectivity index is 1.87. The van der Waals surface area contributed by atoms with E-state index in [9.17, 15) is 10.1 Å². The number of aromatic nitrogens is 2. The number of nitrogens with two attached hydrogens (primary N) is 1. The van der Waals surface area contributed by atoms with E-state index in [0.29, 0.717) is 30.8 Å². The van der Waals surface area contributed by atoms with E-state index in [2.05, 4.69) is 24.9 Å². The van der Waals surface area contributed by atoms with Crippen molar-refractivity contribution in [2.45, 2.75) is 32.6 Å². The van der Waals surface area contributed by atoms with Gasteiger partial charge in [-0.2, -0.15) is 5.26 Å². The highest BCUT2D eigenvalue weighted by atomic mass is 16.5. The Morgan fingerprint density at radius 2 is 2.17 bits per heavy atom. The van der Waals surface area contributed by atoms with Crippen LogP contribution in [0.25, 0.3) is 5.65 Å². The second-order valence-electron chi connectivity index (χ2n) is 8.47. The zero-order valence-electron chi connectivity index (χ0n) is 16.8. The lowest BCUT2D eigenvalue weighted by molar-refractivity contribution is -0.124. The van der Waals surface area contributed by atoms with Crippen molar-refractivity contribution in [3.05, 3.63) is 47.6 Å². The number of carbonyl (C=O) groups excluding carboxylic acids is 1. The van der Waals surface area contributed by atoms with Gasteiger partial charge in [0, 0.05) is 31.1 Å². The number of imidazole rings is 1. The molecule has 7 nitrogen and oxygen atoms in total. The Bertz CT molecular complexity index is 1060. The third kappa shape index (κ3) is 3.50. The van der Waals surface area contributed by atoms with Crippen LogP contribution in [0.5, 0.6) is 0 Å². The van der Waals surface area contributed by atoms with Crippen LogP contribution in [0.2, 0.25) is 0 Å². The topological polar surface area (TPSA) is 106 Å². The number of ketones is 1. The van der Waals surface area contributed by atoms with Gasteiger partial charge in [0.1, 0.15) is 11.4 Å². The summed E-state index contributed by atoms with van der Waals surface area (Å²) in [6.45, 7) is 5.16. The van der Waals surface area contributed by atoms with Crippen molar-refractivity contribution in [1.82, 2.24) is 9.38 Å². The molecule has 0 bridgehead atoms. The Kier molecular flexibility index (Phi) is 5.07. The monoisotopic (exact) mass is 391 g/mol. The number of Topliss-reactive ketones (excluding diaryl/α,β-unsaturated/α-hetero) is 1. The molecule has 2 aliphatic rings. The molecule has 3 heterocycles. The third-order valence-electron chi connectivity index (χ3n) is 5.64. The molecule has 2 unspecified atom stereocenters. The van der Waals surface area contributed by atoms with Gasteiger partial charge < -0.3 is 14.9 Å². The number of hydrogen-bond donors (Lipinski definition) is 1. The molecule has 4 rings (SSSR count). The van der Waals surface area contributed by atoms with Gasteiger partial charge in [-0.15, -0.1) is 0 Å². The number of aliphatic imine (C=N–C) groups is 1. The normalized spacial score (nSPS) is 23.7. The number of carbonyl (C=O) groups is 1. The highest BCUT2D eigenvalue weighted by molar-refractivity contribution is 6.10. The van der Waals surface area contributed by atoms with E-state index >= 15 is 0 Å². The van der Waals surface area contributed by atoms with Gasteiger partial charge in [-0.05, 0) is 24.0 Å². The maximum Gasteiger partial charge on any atom is 0.143 e. The molecule has 2 atom stereocenters. The largest absolute Gasteiger partial charge is 0.374 e. The van der Waals surface area contributed by atoms with Crippen molar-refractivity contribution in [3.63, 3.8) is 0 Å². The van der Waals surface area contributed by atoms with Crippen molar-refractivity contribution < 1.29 is 9.53 Å². The number of nitriles is 1. The van der Waals surface area contributed by atoms with Crippen molar-refractivity contribution >= 4 is 17.1 Å². The molecule has 1 aliphatic carbocycles. The van der Waals surface area contributed by atoms with E-state index < -0.39 is 11.8 Å². The van der Waals surface area contributed by atoms with Gasteiger partial charge in [-0.25, -0.2) is 4.98 Å². The van der Waals surface area contributed by atoms with Gasteiger partial charge >= 0.3 is 0 Å². The molecular weight excluding hydrogens is 366 g/mol. The van der Waals surface area contributed by atoms with Gasteiger partial charge in [0.05, 0.1) is 48.1 Å². The van der Waals surface area contributed by atoms with E-state index in [1.807, 2.05) is 28.8 Å². The lowest BCUT2D eigenvalue weighted by atomic mass is 9.64. The lowest BCUT2D eigenvalue weighted by Gasteiger charge is -2.40. The number of nitrogens with zero attached hydrogens (tertiary/aromatic N) is 4. The maximum absolute atomic E-state index is 13.2. The third-order valence-corrected chi connectivity index (χ3v) is 5.64. The molecule has 29 heavy (non-hydrogen) atoms. The number of allylic oxidation sites excluding steroid dienone is 1. The molecule has 2 N–H and O–H groups in total. The average Bonchev–Trinajstić information content (AvgIpc) is 3.10. The smallest absolute Gasteiger partial charge is 0.143 e. The van der Waals surface area contributed by atoms with Crippen molar-refractivity contribution in [3.8, 4) is 6.07 Å². The number of hydrogen-bond acceptors (Lipinski definition) is 6. The standard InChI is InChI=1S/C22H25N5O2/c1-22(2)9-15-21(18(28)10-22)20(14(11-24)16(26-15)13-29-8-6-23)17-12-25-19-5-3-4-7-27(17)19/h3-5,7,12,20-21H,6,8-10,13,23H2,1-2H3. The van der Waals surface area contributed by atoms with Crippen molar-refractivity contribution in [2.24, 2.45) is 22.1 Å². The summed E-state index contributed by atoms with van der Waals surface area (Å²) in [6.07, 6.45) is 4.88. The Hall–Kier alpha value is -2.82. The van der Waals surface area contributed by atoms with Crippen molar-refractivity contribution in [1.29, 1.82) is 5.26 Å². The lowest BCUT2D eigenvalue weighted by Crippen LogP contribution is -2.43. The summed E-state index contributed by atoms with van der Waals surface area (Å²) in [4.78, 5) is 22.5. The number of rotatable bonds is 5. The second-order valence-corrected chi connectivity index (χ2v) is 8.47. The van der Waals surface area contributed by atoms with Crippen LogP contribution in [-0.2, 0) is 9.53 Å². The molecule has 2 aromatic heterocycles. The van der Waals surface area contributed by atoms with Gasteiger partial charge in [0.25, 0.3) is 0 Å². The predicted octanol–water partition coefficient (Wildman–Crippen LogP) is 2.63. The molecule has 0 saturated heterocycles. The molecule has 2 aromatic rings. The fraction of sp³-hybridized carbons (Fsp3) is 0.455. The van der Waals surface area contributed by atoms with Crippen molar-refractivity contribution in [2.75, 3.05) is 19.8 Å². The van der Waals surface area contributed by atoms with Gasteiger partial charge in [0.2, 0.25) is 0 Å². The van der Waals surface area contributed by atoms with Crippen LogP contribution < -0.4 is 5.73 Å². The summed E-state index contributed by atoms with van der Waals surface area (Å²) in [5.74, 6) is -0.716. The first kappa shape index (κ1) is 19.5. The summed E-state index contributed by atoms with van der Waals surface area (Å²) in [5.41, 5.74) is 8.92. The molecule has 0 radical (unpaired) electrons. The molecule has 0 amide bonds. The van der Waals surface area contributed by atoms with Gasteiger partial charge in [0.15, 0.2) is 0 Å². The maximum atomic E-state index is 13.2. The highest BCUT2D eigenvalue weighted by Crippen LogP contribution is 2.46. The summed E-state index contributed by atoms with van der Waals surface area (Å²) >= 11 is 0. The molecule has 1 fully saturated rings.